The van der Waals surface area contributed by atoms with Crippen molar-refractivity contribution in [2.45, 2.75) is 18.1 Å². The molecule has 3 atom stereocenters. The number of aromatic nitrogens is 1. The van der Waals surface area contributed by atoms with Gasteiger partial charge in [0.2, 0.25) is 5.91 Å². The summed E-state index contributed by atoms with van der Waals surface area (Å²) in [5, 5.41) is 4.08. The fraction of sp³-hybridized carbons (Fsp3) is 0.250. The maximum atomic E-state index is 12.7. The van der Waals surface area contributed by atoms with Crippen molar-refractivity contribution >= 4 is 16.8 Å². The van der Waals surface area contributed by atoms with Crippen molar-refractivity contribution < 1.29 is 14.3 Å². The lowest BCUT2D eigenvalue weighted by Gasteiger charge is -2.25. The van der Waals surface area contributed by atoms with Crippen LogP contribution in [0.4, 0.5) is 0 Å². The molecule has 2 aliphatic heterocycles. The van der Waals surface area contributed by atoms with E-state index in [2.05, 4.69) is 16.9 Å². The van der Waals surface area contributed by atoms with Crippen molar-refractivity contribution in [3.8, 4) is 0 Å². The number of hydrogen-bond acceptors (Lipinski definition) is 3. The molecule has 5 rings (SSSR count). The summed E-state index contributed by atoms with van der Waals surface area (Å²) in [5.41, 5.74) is 4.51. The van der Waals surface area contributed by atoms with Gasteiger partial charge in [0.05, 0.1) is 13.2 Å². The average molecular weight is 334 g/mol. The molecule has 0 bridgehead atoms. The molecular weight excluding hydrogens is 316 g/mol. The summed E-state index contributed by atoms with van der Waals surface area (Å²) in [6, 6.07) is 10.1. The fourth-order valence-corrected chi connectivity index (χ4v) is 3.61. The minimum Gasteiger partial charge on any atom is -0.371 e. The van der Waals surface area contributed by atoms with E-state index in [0.29, 0.717) is 6.61 Å². The number of benzene rings is 1. The van der Waals surface area contributed by atoms with E-state index in [4.69, 9.17) is 9.47 Å². The van der Waals surface area contributed by atoms with Crippen LogP contribution in [0.25, 0.3) is 10.9 Å². The predicted molar refractivity (Wildman–Crippen MR) is 94.0 cm³/mol. The topological polar surface area (TPSA) is 66.6 Å². The third-order valence-corrected chi connectivity index (χ3v) is 4.94. The van der Waals surface area contributed by atoms with Crippen LogP contribution in [0.15, 0.2) is 65.9 Å². The molecule has 126 valence electrons. The van der Waals surface area contributed by atoms with E-state index in [1.54, 1.807) is 0 Å². The standard InChI is InChI=1S/C20H18N2O3/c1-11-6-7-15-17(19(11)25-10-13-9-24-13)18(20(23)22-15)16-8-12-4-2-3-5-14(12)21-16/h2-8,13,18-19,21H,1,9-10H2,(H,22,23). The first kappa shape index (κ1) is 14.7. The molecule has 3 aliphatic rings. The number of epoxide rings is 1. The number of carbonyl (C=O) groups is 1. The van der Waals surface area contributed by atoms with Gasteiger partial charge >= 0.3 is 0 Å². The molecule has 1 aromatic carbocycles. The molecule has 1 aromatic heterocycles. The number of carbonyl (C=O) groups excluding carboxylic acids is 1. The van der Waals surface area contributed by atoms with Gasteiger partial charge < -0.3 is 19.8 Å². The number of hydrogen-bond donors (Lipinski definition) is 2. The summed E-state index contributed by atoms with van der Waals surface area (Å²) in [6.07, 6.45) is 3.68. The smallest absolute Gasteiger partial charge is 0.237 e. The number of amides is 1. The third-order valence-electron chi connectivity index (χ3n) is 4.94. The number of ether oxygens (including phenoxy) is 2. The second-order valence-electron chi connectivity index (χ2n) is 6.68. The molecule has 5 nitrogen and oxygen atoms in total. The molecule has 2 aromatic rings. The quantitative estimate of drug-likeness (QED) is 0.845. The lowest BCUT2D eigenvalue weighted by molar-refractivity contribution is -0.120. The molecule has 1 saturated heterocycles. The maximum absolute atomic E-state index is 12.7. The van der Waals surface area contributed by atoms with Crippen molar-refractivity contribution in [2.24, 2.45) is 0 Å². The van der Waals surface area contributed by atoms with Gasteiger partial charge in [0.1, 0.15) is 18.1 Å². The van der Waals surface area contributed by atoms with Crippen LogP contribution in [0, 0.1) is 0 Å². The molecule has 0 radical (unpaired) electrons. The highest BCUT2D eigenvalue weighted by Crippen LogP contribution is 2.40. The minimum absolute atomic E-state index is 0.0350. The molecule has 3 unspecified atom stereocenters. The first-order valence-electron chi connectivity index (χ1n) is 8.43. The van der Waals surface area contributed by atoms with Crippen molar-refractivity contribution in [3.63, 3.8) is 0 Å². The molecule has 1 amide bonds. The van der Waals surface area contributed by atoms with Crippen LogP contribution in [-0.4, -0.2) is 36.3 Å². The Kier molecular flexibility index (Phi) is 3.20. The Hall–Kier alpha value is -2.63. The molecule has 0 spiro atoms. The largest absolute Gasteiger partial charge is 0.371 e. The van der Waals surface area contributed by atoms with E-state index < -0.39 is 5.92 Å². The van der Waals surface area contributed by atoms with Gasteiger partial charge in [-0.05, 0) is 29.2 Å². The summed E-state index contributed by atoms with van der Waals surface area (Å²) in [6.45, 7) is 5.37. The number of aromatic amines is 1. The zero-order chi connectivity index (χ0) is 17.0. The van der Waals surface area contributed by atoms with Crippen molar-refractivity contribution in [2.75, 3.05) is 13.2 Å². The Morgan fingerprint density at radius 2 is 2.12 bits per heavy atom. The van der Waals surface area contributed by atoms with Crippen LogP contribution in [0.2, 0.25) is 0 Å². The summed E-state index contributed by atoms with van der Waals surface area (Å²) in [5.74, 6) is -0.429. The Bertz CT molecular complexity index is 916. The number of allylic oxidation sites excluding steroid dienone is 1. The van der Waals surface area contributed by atoms with Gasteiger partial charge in [-0.25, -0.2) is 0 Å². The minimum atomic E-state index is -0.394. The maximum Gasteiger partial charge on any atom is 0.237 e. The molecular formula is C20H18N2O3. The van der Waals surface area contributed by atoms with Crippen molar-refractivity contribution in [1.82, 2.24) is 10.3 Å². The summed E-state index contributed by atoms with van der Waals surface area (Å²) in [4.78, 5) is 16.1. The normalized spacial score (nSPS) is 27.8. The number of rotatable bonds is 4. The molecule has 1 fully saturated rings. The van der Waals surface area contributed by atoms with E-state index in [-0.39, 0.29) is 18.1 Å². The lowest BCUT2D eigenvalue weighted by Crippen LogP contribution is -2.26. The Labute approximate surface area is 145 Å². The van der Waals surface area contributed by atoms with Crippen LogP contribution in [0.1, 0.15) is 11.6 Å². The van der Waals surface area contributed by atoms with Crippen molar-refractivity contribution in [3.05, 3.63) is 71.6 Å². The van der Waals surface area contributed by atoms with Gasteiger partial charge in [-0.3, -0.25) is 4.79 Å². The van der Waals surface area contributed by atoms with Gasteiger partial charge in [0.25, 0.3) is 0 Å². The van der Waals surface area contributed by atoms with Crippen LogP contribution in [0.3, 0.4) is 0 Å². The van der Waals surface area contributed by atoms with Gasteiger partial charge in [-0.15, -0.1) is 0 Å². The van der Waals surface area contributed by atoms with E-state index in [1.165, 1.54) is 0 Å². The average Bonchev–Trinajstić information content (AvgIpc) is 3.23. The Balaban J connectivity index is 1.55. The van der Waals surface area contributed by atoms with E-state index in [1.807, 2.05) is 42.5 Å². The lowest BCUT2D eigenvalue weighted by atomic mass is 9.86. The highest BCUT2D eigenvalue weighted by Gasteiger charge is 2.41. The van der Waals surface area contributed by atoms with Crippen LogP contribution >= 0.6 is 0 Å². The van der Waals surface area contributed by atoms with E-state index in [0.717, 1.165) is 40.0 Å². The number of H-pyrrole nitrogens is 1. The van der Waals surface area contributed by atoms with Crippen LogP contribution < -0.4 is 5.32 Å². The first-order chi connectivity index (χ1) is 12.2. The van der Waals surface area contributed by atoms with Gasteiger partial charge in [-0.2, -0.15) is 0 Å². The number of fused-ring (bicyclic) bond motifs is 1. The summed E-state index contributed by atoms with van der Waals surface area (Å²) < 4.78 is 11.3. The molecule has 3 heterocycles. The Morgan fingerprint density at radius 1 is 1.28 bits per heavy atom. The van der Waals surface area contributed by atoms with Crippen LogP contribution in [-0.2, 0) is 14.3 Å². The SMILES string of the molecule is C=C1C=CC2=C(C1OCC1CO1)C(c1cc3ccccc3[nH]1)C(=O)N2. The highest BCUT2D eigenvalue weighted by atomic mass is 16.6. The zero-order valence-electron chi connectivity index (χ0n) is 13.6. The highest BCUT2D eigenvalue weighted by molar-refractivity contribution is 5.95. The van der Waals surface area contributed by atoms with E-state index >= 15 is 0 Å². The third kappa shape index (κ3) is 2.44. The van der Waals surface area contributed by atoms with Gasteiger partial charge in [-0.1, -0.05) is 30.9 Å². The first-order valence-corrected chi connectivity index (χ1v) is 8.43. The molecule has 1 aliphatic carbocycles. The van der Waals surface area contributed by atoms with Crippen molar-refractivity contribution in [1.29, 1.82) is 0 Å². The van der Waals surface area contributed by atoms with Gasteiger partial charge in [0, 0.05) is 22.5 Å². The molecule has 0 saturated carbocycles. The Morgan fingerprint density at radius 3 is 2.92 bits per heavy atom. The zero-order valence-corrected chi connectivity index (χ0v) is 13.6. The summed E-state index contributed by atoms with van der Waals surface area (Å²) in [7, 11) is 0. The van der Waals surface area contributed by atoms with Crippen LogP contribution in [0.5, 0.6) is 0 Å². The van der Waals surface area contributed by atoms with E-state index in [9.17, 15) is 4.79 Å². The second kappa shape index (κ2) is 5.44. The predicted octanol–water partition coefficient (Wildman–Crippen LogP) is 2.55. The van der Waals surface area contributed by atoms with Gasteiger partial charge in [0.15, 0.2) is 0 Å². The summed E-state index contributed by atoms with van der Waals surface area (Å²) >= 11 is 0. The fourth-order valence-electron chi connectivity index (χ4n) is 3.61. The molecule has 25 heavy (non-hydrogen) atoms. The monoisotopic (exact) mass is 334 g/mol. The molecule has 5 heteroatoms. The molecule has 2 N–H and O–H groups in total. The second-order valence-corrected chi connectivity index (χ2v) is 6.68. The number of para-hydroxylation sites is 1. The number of nitrogens with one attached hydrogen (secondary N) is 2.